The van der Waals surface area contributed by atoms with Crippen LogP contribution < -0.4 is 16.4 Å². The van der Waals surface area contributed by atoms with Crippen molar-refractivity contribution >= 4 is 35.0 Å². The minimum atomic E-state index is -0.710. The summed E-state index contributed by atoms with van der Waals surface area (Å²) in [4.78, 5) is 46.6. The Balaban J connectivity index is 1.74. The first-order valence-corrected chi connectivity index (χ1v) is 9.99. The molecule has 1 saturated heterocycles. The van der Waals surface area contributed by atoms with Crippen molar-refractivity contribution in [2.24, 2.45) is 0 Å². The van der Waals surface area contributed by atoms with E-state index in [1.54, 1.807) is 23.2 Å². The van der Waals surface area contributed by atoms with E-state index in [4.69, 9.17) is 5.73 Å². The summed E-state index contributed by atoms with van der Waals surface area (Å²) in [7, 11) is 0. The highest BCUT2D eigenvalue weighted by Gasteiger charge is 2.32. The third-order valence-corrected chi connectivity index (χ3v) is 5.07. The second kappa shape index (κ2) is 9.34. The van der Waals surface area contributed by atoms with E-state index in [0.717, 1.165) is 30.4 Å². The average molecular weight is 410 g/mol. The van der Waals surface area contributed by atoms with Crippen molar-refractivity contribution in [3.8, 4) is 0 Å². The van der Waals surface area contributed by atoms with Gasteiger partial charge >= 0.3 is 11.8 Å². The second-order valence-electron chi connectivity index (χ2n) is 7.24. The molecule has 3 amide bonds. The number of pyridine rings is 2. The lowest BCUT2D eigenvalue weighted by Gasteiger charge is -2.35. The number of piperidine rings is 1. The van der Waals surface area contributed by atoms with Gasteiger partial charge in [-0.25, -0.2) is 9.97 Å². The number of nitrogens with two attached hydrogens (primary N) is 1. The number of nitrogens with zero attached hydrogens (tertiary/aromatic N) is 3. The van der Waals surface area contributed by atoms with Gasteiger partial charge in [0, 0.05) is 19.7 Å². The molecule has 1 fully saturated rings. The fraction of sp³-hybridized carbons (Fsp3) is 0.381. The van der Waals surface area contributed by atoms with Gasteiger partial charge in [0.1, 0.15) is 11.6 Å². The molecule has 2 aromatic rings. The Bertz CT molecular complexity index is 944. The molecule has 0 radical (unpaired) electrons. The normalized spacial score (nSPS) is 16.1. The summed E-state index contributed by atoms with van der Waals surface area (Å²) in [6.45, 7) is 3.84. The fourth-order valence-electron chi connectivity index (χ4n) is 3.57. The first-order chi connectivity index (χ1) is 14.4. The minimum Gasteiger partial charge on any atom is -0.383 e. The van der Waals surface area contributed by atoms with E-state index >= 15 is 0 Å². The van der Waals surface area contributed by atoms with Crippen LogP contribution in [0, 0.1) is 0 Å². The van der Waals surface area contributed by atoms with Crippen LogP contribution in [0.15, 0.2) is 30.6 Å². The topological polar surface area (TPSA) is 130 Å². The Hall–Kier alpha value is -3.49. The number of carbonyl (C=O) groups is 3. The van der Waals surface area contributed by atoms with Crippen LogP contribution >= 0.6 is 0 Å². The summed E-state index contributed by atoms with van der Waals surface area (Å²) in [5, 5.41) is 5.25. The lowest BCUT2D eigenvalue weighted by molar-refractivity contribution is -0.145. The highest BCUT2D eigenvalue weighted by Crippen LogP contribution is 2.31. The smallest absolute Gasteiger partial charge is 0.313 e. The zero-order chi connectivity index (χ0) is 21.7. The van der Waals surface area contributed by atoms with Crippen LogP contribution in [-0.4, -0.2) is 39.1 Å². The van der Waals surface area contributed by atoms with Crippen LogP contribution in [0.2, 0.25) is 0 Å². The van der Waals surface area contributed by atoms with E-state index in [2.05, 4.69) is 20.6 Å². The van der Waals surface area contributed by atoms with Gasteiger partial charge in [0.15, 0.2) is 0 Å². The maximum atomic E-state index is 12.9. The lowest BCUT2D eigenvalue weighted by Crippen LogP contribution is -2.44. The number of rotatable bonds is 4. The number of carbonyl (C=O) groups excluding carboxylic acids is 3. The van der Waals surface area contributed by atoms with Gasteiger partial charge in [0.05, 0.1) is 17.9 Å². The molecule has 4 N–H and O–H groups in total. The second-order valence-corrected chi connectivity index (χ2v) is 7.24. The monoisotopic (exact) mass is 410 g/mol. The third kappa shape index (κ3) is 4.91. The molecule has 1 aliphatic rings. The quantitative estimate of drug-likeness (QED) is 0.663. The number of hydrogen-bond acceptors (Lipinski definition) is 6. The number of nitrogen functional groups attached to an aromatic ring is 1. The number of likely N-dealkylation sites (tertiary alicyclic amines) is 1. The zero-order valence-electron chi connectivity index (χ0n) is 17.1. The summed E-state index contributed by atoms with van der Waals surface area (Å²) in [5.41, 5.74) is 7.87. The molecule has 9 heteroatoms. The van der Waals surface area contributed by atoms with Crippen molar-refractivity contribution in [2.75, 3.05) is 22.9 Å². The van der Waals surface area contributed by atoms with Gasteiger partial charge in [-0.15, -0.1) is 0 Å². The molecule has 30 heavy (non-hydrogen) atoms. The first kappa shape index (κ1) is 21.2. The van der Waals surface area contributed by atoms with E-state index in [0.29, 0.717) is 30.3 Å². The maximum absolute atomic E-state index is 12.9. The SMILES string of the molecule is CCc1cc(NC(=O)C(=O)N2CCCC[C@H]2c2ccc(NC(C)=O)nc2)cnc1N. The Labute approximate surface area is 175 Å². The fourth-order valence-corrected chi connectivity index (χ4v) is 3.57. The largest absolute Gasteiger partial charge is 0.383 e. The summed E-state index contributed by atoms with van der Waals surface area (Å²) < 4.78 is 0. The molecule has 158 valence electrons. The van der Waals surface area contributed by atoms with E-state index in [1.165, 1.54) is 13.1 Å². The predicted octanol–water partition coefficient (Wildman–Crippen LogP) is 2.27. The summed E-state index contributed by atoms with van der Waals surface area (Å²) >= 11 is 0. The molecule has 9 nitrogen and oxygen atoms in total. The minimum absolute atomic E-state index is 0.204. The molecular formula is C21H26N6O3. The van der Waals surface area contributed by atoms with Gasteiger partial charge in [-0.2, -0.15) is 0 Å². The molecule has 3 heterocycles. The first-order valence-electron chi connectivity index (χ1n) is 9.99. The van der Waals surface area contributed by atoms with Crippen LogP contribution in [0.4, 0.5) is 17.3 Å². The molecule has 0 saturated carbocycles. The van der Waals surface area contributed by atoms with Crippen LogP contribution in [0.3, 0.4) is 0 Å². The molecule has 0 aromatic carbocycles. The van der Waals surface area contributed by atoms with Crippen molar-refractivity contribution < 1.29 is 14.4 Å². The van der Waals surface area contributed by atoms with Crippen LogP contribution in [-0.2, 0) is 20.8 Å². The van der Waals surface area contributed by atoms with E-state index < -0.39 is 11.8 Å². The highest BCUT2D eigenvalue weighted by atomic mass is 16.2. The highest BCUT2D eigenvalue weighted by molar-refractivity contribution is 6.39. The number of nitrogens with one attached hydrogen (secondary N) is 2. The van der Waals surface area contributed by atoms with Crippen molar-refractivity contribution in [1.82, 2.24) is 14.9 Å². The van der Waals surface area contributed by atoms with Crippen LogP contribution in [0.1, 0.15) is 50.3 Å². The molecular weight excluding hydrogens is 384 g/mol. The number of hydrogen-bond donors (Lipinski definition) is 3. The standard InChI is InChI=1S/C21H26N6O3/c1-3-14-10-16(12-24-19(14)22)26-20(29)21(30)27-9-5-4-6-17(27)15-7-8-18(23-11-15)25-13(2)28/h7-8,10-12,17H,3-6,9H2,1-2H3,(H2,22,24)(H,26,29)(H,23,25,28)/t17-/m0/s1. The predicted molar refractivity (Wildman–Crippen MR) is 114 cm³/mol. The van der Waals surface area contributed by atoms with Crippen molar-refractivity contribution in [3.63, 3.8) is 0 Å². The van der Waals surface area contributed by atoms with Crippen molar-refractivity contribution in [3.05, 3.63) is 41.7 Å². The van der Waals surface area contributed by atoms with Crippen molar-refractivity contribution in [2.45, 2.75) is 45.6 Å². The van der Waals surface area contributed by atoms with Gasteiger partial charge in [0.25, 0.3) is 0 Å². The molecule has 0 spiro atoms. The van der Waals surface area contributed by atoms with Crippen molar-refractivity contribution in [1.29, 1.82) is 0 Å². The van der Waals surface area contributed by atoms with E-state index in [9.17, 15) is 14.4 Å². The van der Waals surface area contributed by atoms with Gasteiger partial charge in [0.2, 0.25) is 5.91 Å². The Morgan fingerprint density at radius 1 is 1.17 bits per heavy atom. The molecule has 0 unspecified atom stereocenters. The zero-order valence-corrected chi connectivity index (χ0v) is 17.1. The van der Waals surface area contributed by atoms with Gasteiger partial charge in [-0.05, 0) is 48.9 Å². The maximum Gasteiger partial charge on any atom is 0.313 e. The summed E-state index contributed by atoms with van der Waals surface area (Å²) in [5.74, 6) is -0.656. The van der Waals surface area contributed by atoms with Gasteiger partial charge < -0.3 is 21.3 Å². The lowest BCUT2D eigenvalue weighted by atomic mass is 9.96. The third-order valence-electron chi connectivity index (χ3n) is 5.07. The summed E-state index contributed by atoms with van der Waals surface area (Å²) in [6.07, 6.45) is 6.27. The molecule has 1 aliphatic heterocycles. The molecule has 2 aromatic heterocycles. The molecule has 0 aliphatic carbocycles. The Morgan fingerprint density at radius 2 is 1.97 bits per heavy atom. The molecule has 3 rings (SSSR count). The Morgan fingerprint density at radius 3 is 2.63 bits per heavy atom. The van der Waals surface area contributed by atoms with Gasteiger partial charge in [-0.3, -0.25) is 14.4 Å². The Kier molecular flexibility index (Phi) is 6.61. The number of amides is 3. The average Bonchev–Trinajstić information content (AvgIpc) is 2.74. The number of anilines is 3. The summed E-state index contributed by atoms with van der Waals surface area (Å²) in [6, 6.07) is 5.00. The molecule has 1 atom stereocenters. The number of aryl methyl sites for hydroxylation is 1. The van der Waals surface area contributed by atoms with Crippen LogP contribution in [0.5, 0.6) is 0 Å². The van der Waals surface area contributed by atoms with E-state index in [-0.39, 0.29) is 11.9 Å². The van der Waals surface area contributed by atoms with Crippen LogP contribution in [0.25, 0.3) is 0 Å². The van der Waals surface area contributed by atoms with E-state index in [1.807, 2.05) is 13.0 Å². The van der Waals surface area contributed by atoms with Gasteiger partial charge in [-0.1, -0.05) is 13.0 Å². The molecule has 0 bridgehead atoms. The number of aromatic nitrogens is 2.